The van der Waals surface area contributed by atoms with E-state index in [-0.39, 0.29) is 23.7 Å². The van der Waals surface area contributed by atoms with Gasteiger partial charge in [-0.05, 0) is 65.6 Å². The maximum Gasteiger partial charge on any atom is 0.344 e. The van der Waals surface area contributed by atoms with Crippen molar-refractivity contribution in [1.29, 1.82) is 0 Å². The van der Waals surface area contributed by atoms with Gasteiger partial charge in [-0.15, -0.1) is 0 Å². The van der Waals surface area contributed by atoms with E-state index < -0.39 is 39.6 Å². The van der Waals surface area contributed by atoms with Crippen LogP contribution in [-0.4, -0.2) is 38.2 Å². The van der Waals surface area contributed by atoms with E-state index in [1.165, 1.54) is 24.3 Å². The quantitative estimate of drug-likeness (QED) is 0.0737. The molecule has 0 fully saturated rings. The van der Waals surface area contributed by atoms with E-state index in [1.807, 2.05) is 0 Å². The molecular weight excluding hydrogens is 538 g/mol. The predicted octanol–water partition coefficient (Wildman–Crippen LogP) is 5.02. The lowest BCUT2D eigenvalue weighted by molar-refractivity contribution is -0.384. The standard InChI is InChI=1S/C29H21NO11/c31-21-7-5-19(25(15-21)28(34)35)16-39-41-23-10-3-18(4-11-23)13-17-1-8-22(9-2-17)40-29(36)26-14-20(30(37)38)6-12-24(26)27(32)33/h1-12,14-15,31H,13,16H2,(H,32,33)(H,34,35). The Labute approximate surface area is 231 Å². The molecule has 4 rings (SSSR count). The topological polar surface area (TPSA) is 183 Å². The van der Waals surface area contributed by atoms with Crippen LogP contribution < -0.4 is 9.62 Å². The van der Waals surface area contributed by atoms with E-state index in [0.29, 0.717) is 17.7 Å². The number of non-ortho nitro benzene ring substituents is 1. The predicted molar refractivity (Wildman–Crippen MR) is 141 cm³/mol. The van der Waals surface area contributed by atoms with Gasteiger partial charge in [0.1, 0.15) is 18.1 Å². The number of esters is 1. The average molecular weight is 559 g/mol. The molecule has 0 spiro atoms. The summed E-state index contributed by atoms with van der Waals surface area (Å²) in [6.45, 7) is -0.153. The highest BCUT2D eigenvalue weighted by molar-refractivity contribution is 6.03. The number of carbonyl (C=O) groups excluding carboxylic acids is 1. The van der Waals surface area contributed by atoms with Crippen LogP contribution in [0.5, 0.6) is 17.2 Å². The summed E-state index contributed by atoms with van der Waals surface area (Å²) in [5, 5.41) is 39.1. The van der Waals surface area contributed by atoms with Crippen LogP contribution >= 0.6 is 0 Å². The molecule has 3 N–H and O–H groups in total. The summed E-state index contributed by atoms with van der Waals surface area (Å²) in [7, 11) is 0. The second-order valence-electron chi connectivity index (χ2n) is 8.64. The summed E-state index contributed by atoms with van der Waals surface area (Å²) >= 11 is 0. The Hall–Kier alpha value is -5.75. The van der Waals surface area contributed by atoms with Crippen LogP contribution in [0.15, 0.2) is 84.9 Å². The third-order valence-electron chi connectivity index (χ3n) is 5.82. The molecule has 0 aliphatic carbocycles. The maximum atomic E-state index is 12.6. The summed E-state index contributed by atoms with van der Waals surface area (Å²) in [5.74, 6) is -3.33. The molecule has 0 aromatic heterocycles. The molecule has 0 aliphatic rings. The number of nitro benzene ring substituents is 1. The van der Waals surface area contributed by atoms with Crippen molar-refractivity contribution in [3.8, 4) is 17.2 Å². The Kier molecular flexibility index (Phi) is 8.55. The van der Waals surface area contributed by atoms with Crippen molar-refractivity contribution in [3.05, 3.63) is 128 Å². The highest BCUT2D eigenvalue weighted by Crippen LogP contribution is 2.23. The van der Waals surface area contributed by atoms with Gasteiger partial charge in [0.05, 0.1) is 21.6 Å². The fraction of sp³-hybridized carbons (Fsp3) is 0.0690. The largest absolute Gasteiger partial charge is 0.508 e. The van der Waals surface area contributed by atoms with Crippen molar-refractivity contribution in [1.82, 2.24) is 0 Å². The normalized spacial score (nSPS) is 10.5. The monoisotopic (exact) mass is 559 g/mol. The SMILES string of the molecule is O=C(O)c1cc(O)ccc1COOc1ccc(Cc2ccc(OC(=O)c3cc([N+](=O)[O-])ccc3C(=O)O)cc2)cc1. The fourth-order valence-electron chi connectivity index (χ4n) is 3.79. The number of carbonyl (C=O) groups is 3. The zero-order valence-corrected chi connectivity index (χ0v) is 21.1. The van der Waals surface area contributed by atoms with Crippen molar-refractivity contribution in [2.45, 2.75) is 13.0 Å². The van der Waals surface area contributed by atoms with Gasteiger partial charge in [-0.2, -0.15) is 4.89 Å². The first-order valence-electron chi connectivity index (χ1n) is 11.9. The van der Waals surface area contributed by atoms with Crippen molar-refractivity contribution in [3.63, 3.8) is 0 Å². The summed E-state index contributed by atoms with van der Waals surface area (Å²) in [4.78, 5) is 56.0. The molecule has 4 aromatic carbocycles. The third kappa shape index (κ3) is 7.22. The number of carboxylic acids is 2. The van der Waals surface area contributed by atoms with Crippen molar-refractivity contribution >= 4 is 23.6 Å². The van der Waals surface area contributed by atoms with Crippen LogP contribution in [0.3, 0.4) is 0 Å². The molecule has 12 heteroatoms. The molecule has 4 aromatic rings. The van der Waals surface area contributed by atoms with E-state index in [2.05, 4.69) is 0 Å². The van der Waals surface area contributed by atoms with E-state index in [1.54, 1.807) is 36.4 Å². The zero-order chi connectivity index (χ0) is 29.5. The van der Waals surface area contributed by atoms with Crippen LogP contribution in [0, 0.1) is 10.1 Å². The molecule has 0 bridgehead atoms. The number of hydrogen-bond acceptors (Lipinski definition) is 9. The number of phenols is 1. The van der Waals surface area contributed by atoms with Gasteiger partial charge < -0.3 is 24.9 Å². The Morgan fingerprint density at radius 1 is 0.732 bits per heavy atom. The molecule has 0 amide bonds. The molecule has 0 saturated heterocycles. The van der Waals surface area contributed by atoms with Gasteiger partial charge in [0.15, 0.2) is 5.75 Å². The van der Waals surface area contributed by atoms with Crippen LogP contribution in [0.4, 0.5) is 5.69 Å². The van der Waals surface area contributed by atoms with E-state index in [4.69, 9.17) is 14.5 Å². The number of aromatic carboxylic acids is 2. The van der Waals surface area contributed by atoms with Crippen molar-refractivity contribution in [2.24, 2.45) is 0 Å². The molecule has 0 radical (unpaired) electrons. The van der Waals surface area contributed by atoms with Crippen LogP contribution in [0.25, 0.3) is 0 Å². The Morgan fingerprint density at radius 2 is 1.34 bits per heavy atom. The molecule has 0 unspecified atom stereocenters. The summed E-state index contributed by atoms with van der Waals surface area (Å²) in [6.07, 6.45) is 0.513. The summed E-state index contributed by atoms with van der Waals surface area (Å²) < 4.78 is 5.24. The van der Waals surface area contributed by atoms with E-state index in [0.717, 1.165) is 35.4 Å². The summed E-state index contributed by atoms with van der Waals surface area (Å²) in [6, 6.07) is 20.1. The number of aromatic hydroxyl groups is 1. The van der Waals surface area contributed by atoms with Gasteiger partial charge in [-0.1, -0.05) is 30.3 Å². The van der Waals surface area contributed by atoms with E-state index in [9.17, 15) is 39.8 Å². The van der Waals surface area contributed by atoms with Gasteiger partial charge in [0.2, 0.25) is 0 Å². The zero-order valence-electron chi connectivity index (χ0n) is 21.1. The van der Waals surface area contributed by atoms with Gasteiger partial charge in [-0.25, -0.2) is 14.4 Å². The van der Waals surface area contributed by atoms with Gasteiger partial charge in [-0.3, -0.25) is 10.1 Å². The number of rotatable bonds is 11. The van der Waals surface area contributed by atoms with Gasteiger partial charge in [0, 0.05) is 12.1 Å². The lowest BCUT2D eigenvalue weighted by atomic mass is 10.0. The molecule has 0 atom stereocenters. The Balaban J connectivity index is 1.33. The first-order chi connectivity index (χ1) is 19.6. The third-order valence-corrected chi connectivity index (χ3v) is 5.82. The number of hydrogen-bond donors (Lipinski definition) is 3. The Morgan fingerprint density at radius 3 is 1.93 bits per heavy atom. The molecule has 12 nitrogen and oxygen atoms in total. The van der Waals surface area contributed by atoms with E-state index >= 15 is 0 Å². The number of benzene rings is 4. The van der Waals surface area contributed by atoms with Crippen LogP contribution in [0.1, 0.15) is 47.8 Å². The van der Waals surface area contributed by atoms with Crippen LogP contribution in [0.2, 0.25) is 0 Å². The number of carboxylic acid groups (broad SMARTS) is 2. The van der Waals surface area contributed by atoms with Crippen LogP contribution in [-0.2, 0) is 17.9 Å². The lowest BCUT2D eigenvalue weighted by Crippen LogP contribution is -2.14. The molecule has 0 heterocycles. The highest BCUT2D eigenvalue weighted by Gasteiger charge is 2.22. The second kappa shape index (κ2) is 12.4. The maximum absolute atomic E-state index is 12.6. The molecule has 208 valence electrons. The molecule has 0 saturated carbocycles. The minimum Gasteiger partial charge on any atom is -0.508 e. The molecular formula is C29H21NO11. The minimum atomic E-state index is -1.42. The molecule has 41 heavy (non-hydrogen) atoms. The first kappa shape index (κ1) is 28.3. The fourth-order valence-corrected chi connectivity index (χ4v) is 3.79. The first-order valence-corrected chi connectivity index (χ1v) is 11.9. The van der Waals surface area contributed by atoms with Crippen molar-refractivity contribution in [2.75, 3.05) is 0 Å². The second-order valence-corrected chi connectivity index (χ2v) is 8.64. The number of nitrogens with zero attached hydrogens (tertiary/aromatic N) is 1. The number of ether oxygens (including phenoxy) is 1. The average Bonchev–Trinajstić information content (AvgIpc) is 2.95. The number of phenolic OH excluding ortho intramolecular Hbond substituents is 1. The smallest absolute Gasteiger partial charge is 0.344 e. The van der Waals surface area contributed by atoms with Crippen molar-refractivity contribution < 1.29 is 49.1 Å². The summed E-state index contributed by atoms with van der Waals surface area (Å²) in [5.41, 5.74) is 0.714. The molecule has 0 aliphatic heterocycles. The van der Waals surface area contributed by atoms with Gasteiger partial charge in [0.25, 0.3) is 5.69 Å². The highest BCUT2D eigenvalue weighted by atomic mass is 17.2. The minimum absolute atomic E-state index is 0.0983. The number of nitro groups is 1. The Bertz CT molecular complexity index is 1610. The lowest BCUT2D eigenvalue weighted by Gasteiger charge is -2.09. The van der Waals surface area contributed by atoms with Gasteiger partial charge >= 0.3 is 17.9 Å².